The highest BCUT2D eigenvalue weighted by molar-refractivity contribution is 5.79. The topological polar surface area (TPSA) is 70.6 Å². The molecule has 4 nitrogen and oxygen atoms in total. The minimum absolute atomic E-state index is 0.314. The van der Waals surface area contributed by atoms with Crippen LogP contribution >= 0.6 is 0 Å². The smallest absolute Gasteiger partial charge is 0.139 e. The van der Waals surface area contributed by atoms with Crippen LogP contribution < -0.4 is 11.1 Å². The normalized spacial score (nSPS) is 12.4. The SMILES string of the molecule is CCC(CC)CNCCCC(N)=NO. The monoisotopic (exact) mass is 201 g/mol. The van der Waals surface area contributed by atoms with Crippen molar-refractivity contribution in [2.75, 3.05) is 13.1 Å². The summed E-state index contributed by atoms with van der Waals surface area (Å²) in [6.07, 6.45) is 4.04. The quantitative estimate of drug-likeness (QED) is 0.183. The number of hydrogen-bond donors (Lipinski definition) is 3. The first-order chi connectivity index (χ1) is 6.74. The van der Waals surface area contributed by atoms with Gasteiger partial charge in [-0.15, -0.1) is 0 Å². The van der Waals surface area contributed by atoms with Gasteiger partial charge in [0.25, 0.3) is 0 Å². The highest BCUT2D eigenvalue weighted by Gasteiger charge is 2.01. The second kappa shape index (κ2) is 8.81. The molecule has 4 heteroatoms. The van der Waals surface area contributed by atoms with Gasteiger partial charge >= 0.3 is 0 Å². The lowest BCUT2D eigenvalue weighted by Crippen LogP contribution is -2.24. The molecule has 0 rings (SSSR count). The molecule has 0 saturated carbocycles. The number of hydrogen-bond acceptors (Lipinski definition) is 3. The Hall–Kier alpha value is -0.770. The maximum Gasteiger partial charge on any atom is 0.139 e. The molecular weight excluding hydrogens is 178 g/mol. The van der Waals surface area contributed by atoms with Gasteiger partial charge in [0.05, 0.1) is 0 Å². The van der Waals surface area contributed by atoms with Crippen LogP contribution in [0.15, 0.2) is 5.16 Å². The van der Waals surface area contributed by atoms with Crippen LogP contribution in [-0.2, 0) is 0 Å². The molecule has 0 atom stereocenters. The number of nitrogens with two attached hydrogens (primary N) is 1. The Morgan fingerprint density at radius 1 is 1.43 bits per heavy atom. The molecule has 0 amide bonds. The molecule has 0 aliphatic heterocycles. The third kappa shape index (κ3) is 6.71. The van der Waals surface area contributed by atoms with Crippen LogP contribution in [0.1, 0.15) is 39.5 Å². The Morgan fingerprint density at radius 3 is 2.57 bits per heavy atom. The van der Waals surface area contributed by atoms with E-state index in [1.54, 1.807) is 0 Å². The van der Waals surface area contributed by atoms with Crippen LogP contribution in [0.5, 0.6) is 0 Å². The van der Waals surface area contributed by atoms with Crippen molar-refractivity contribution in [1.29, 1.82) is 0 Å². The zero-order chi connectivity index (χ0) is 10.8. The Bertz CT molecular complexity index is 155. The summed E-state index contributed by atoms with van der Waals surface area (Å²) in [4.78, 5) is 0. The van der Waals surface area contributed by atoms with Crippen molar-refractivity contribution in [3.63, 3.8) is 0 Å². The fourth-order valence-electron chi connectivity index (χ4n) is 1.33. The summed E-state index contributed by atoms with van der Waals surface area (Å²) in [5.74, 6) is 1.09. The van der Waals surface area contributed by atoms with Crippen molar-refractivity contribution in [2.45, 2.75) is 39.5 Å². The van der Waals surface area contributed by atoms with E-state index in [2.05, 4.69) is 24.3 Å². The maximum absolute atomic E-state index is 8.30. The van der Waals surface area contributed by atoms with Crippen LogP contribution in [0, 0.1) is 5.92 Å². The van der Waals surface area contributed by atoms with E-state index in [1.807, 2.05) is 0 Å². The lowest BCUT2D eigenvalue weighted by Gasteiger charge is -2.12. The Kier molecular flexibility index (Phi) is 8.33. The first-order valence-corrected chi connectivity index (χ1v) is 5.41. The van der Waals surface area contributed by atoms with Gasteiger partial charge in [-0.1, -0.05) is 31.8 Å². The van der Waals surface area contributed by atoms with Gasteiger partial charge in [-0.3, -0.25) is 0 Å². The molecule has 0 aromatic heterocycles. The van der Waals surface area contributed by atoms with Gasteiger partial charge in [0.1, 0.15) is 5.84 Å². The fourth-order valence-corrected chi connectivity index (χ4v) is 1.33. The summed E-state index contributed by atoms with van der Waals surface area (Å²) >= 11 is 0. The van der Waals surface area contributed by atoms with Gasteiger partial charge in [-0.25, -0.2) is 0 Å². The van der Waals surface area contributed by atoms with Crippen molar-refractivity contribution in [2.24, 2.45) is 16.8 Å². The molecule has 0 unspecified atom stereocenters. The molecule has 0 radical (unpaired) electrons. The molecule has 0 aliphatic rings. The average Bonchev–Trinajstić information content (AvgIpc) is 2.23. The van der Waals surface area contributed by atoms with E-state index in [1.165, 1.54) is 12.8 Å². The molecule has 0 spiro atoms. The van der Waals surface area contributed by atoms with Crippen LogP contribution in [0.25, 0.3) is 0 Å². The fraction of sp³-hybridized carbons (Fsp3) is 0.900. The highest BCUT2D eigenvalue weighted by atomic mass is 16.4. The third-order valence-corrected chi connectivity index (χ3v) is 2.50. The van der Waals surface area contributed by atoms with Gasteiger partial charge in [-0.2, -0.15) is 0 Å². The molecule has 0 aromatic rings. The summed E-state index contributed by atoms with van der Waals surface area (Å²) in [5.41, 5.74) is 5.34. The molecule has 0 heterocycles. The predicted octanol–water partition coefficient (Wildman–Crippen LogP) is 1.54. The molecule has 0 fully saturated rings. The number of nitrogens with one attached hydrogen (secondary N) is 1. The Balaban J connectivity index is 3.29. The molecule has 4 N–H and O–H groups in total. The number of amidine groups is 1. The van der Waals surface area contributed by atoms with E-state index in [0.717, 1.165) is 25.4 Å². The Morgan fingerprint density at radius 2 is 2.07 bits per heavy atom. The molecule has 14 heavy (non-hydrogen) atoms. The average molecular weight is 201 g/mol. The molecule has 0 aliphatic carbocycles. The third-order valence-electron chi connectivity index (χ3n) is 2.50. The van der Waals surface area contributed by atoms with Gasteiger partial charge in [-0.05, 0) is 25.4 Å². The summed E-state index contributed by atoms with van der Waals surface area (Å²) in [5, 5.41) is 14.6. The minimum atomic E-state index is 0.314. The zero-order valence-corrected chi connectivity index (χ0v) is 9.29. The van der Waals surface area contributed by atoms with E-state index in [4.69, 9.17) is 10.9 Å². The molecule has 84 valence electrons. The van der Waals surface area contributed by atoms with Gasteiger partial charge in [0.2, 0.25) is 0 Å². The number of rotatable bonds is 8. The van der Waals surface area contributed by atoms with Crippen LogP contribution in [0.4, 0.5) is 0 Å². The van der Waals surface area contributed by atoms with E-state index in [-0.39, 0.29) is 0 Å². The molecule has 0 saturated heterocycles. The van der Waals surface area contributed by atoms with Gasteiger partial charge in [0.15, 0.2) is 0 Å². The summed E-state index contributed by atoms with van der Waals surface area (Å²) in [6.45, 7) is 6.44. The number of nitrogens with zero attached hydrogens (tertiary/aromatic N) is 1. The summed E-state index contributed by atoms with van der Waals surface area (Å²) < 4.78 is 0. The minimum Gasteiger partial charge on any atom is -0.409 e. The van der Waals surface area contributed by atoms with Crippen molar-refractivity contribution in [3.05, 3.63) is 0 Å². The molecule has 0 aromatic carbocycles. The van der Waals surface area contributed by atoms with E-state index in [9.17, 15) is 0 Å². The van der Waals surface area contributed by atoms with Crippen LogP contribution in [0.2, 0.25) is 0 Å². The summed E-state index contributed by atoms with van der Waals surface area (Å²) in [7, 11) is 0. The first-order valence-electron chi connectivity index (χ1n) is 5.41. The van der Waals surface area contributed by atoms with Gasteiger partial charge in [0, 0.05) is 6.42 Å². The van der Waals surface area contributed by atoms with E-state index >= 15 is 0 Å². The van der Waals surface area contributed by atoms with Crippen molar-refractivity contribution in [3.8, 4) is 0 Å². The second-order valence-corrected chi connectivity index (χ2v) is 3.58. The largest absolute Gasteiger partial charge is 0.409 e. The lowest BCUT2D eigenvalue weighted by molar-refractivity contribution is 0.316. The van der Waals surface area contributed by atoms with E-state index in [0.29, 0.717) is 12.3 Å². The summed E-state index contributed by atoms with van der Waals surface area (Å²) in [6, 6.07) is 0. The van der Waals surface area contributed by atoms with E-state index < -0.39 is 0 Å². The van der Waals surface area contributed by atoms with Crippen molar-refractivity contribution >= 4 is 5.84 Å². The predicted molar refractivity (Wildman–Crippen MR) is 59.6 cm³/mol. The van der Waals surface area contributed by atoms with Crippen LogP contribution in [-0.4, -0.2) is 24.1 Å². The highest BCUT2D eigenvalue weighted by Crippen LogP contribution is 2.04. The molecule has 0 bridgehead atoms. The van der Waals surface area contributed by atoms with Crippen molar-refractivity contribution in [1.82, 2.24) is 5.32 Å². The zero-order valence-electron chi connectivity index (χ0n) is 9.29. The second-order valence-electron chi connectivity index (χ2n) is 3.58. The lowest BCUT2D eigenvalue weighted by atomic mass is 10.0. The standard InChI is InChI=1S/C10H23N3O/c1-3-9(4-2)8-12-7-5-6-10(11)13-14/h9,12,14H,3-8H2,1-2H3,(H2,11,13). The maximum atomic E-state index is 8.30. The Labute approximate surface area is 86.6 Å². The van der Waals surface area contributed by atoms with Gasteiger partial charge < -0.3 is 16.3 Å². The van der Waals surface area contributed by atoms with Crippen molar-refractivity contribution < 1.29 is 5.21 Å². The first kappa shape index (κ1) is 13.2. The molecular formula is C10H23N3O. The van der Waals surface area contributed by atoms with Crippen LogP contribution in [0.3, 0.4) is 0 Å². The number of oxime groups is 1.